The molecule has 0 N–H and O–H groups in total. The van der Waals surface area contributed by atoms with Crippen molar-refractivity contribution in [1.82, 2.24) is 0 Å². The van der Waals surface area contributed by atoms with Crippen LogP contribution in [0.4, 0.5) is 0 Å². The van der Waals surface area contributed by atoms with Crippen molar-refractivity contribution < 1.29 is 37.9 Å². The first-order valence-electron chi connectivity index (χ1n) is 4.59. The molecule has 3 nitrogen and oxygen atoms in total. The molecule has 0 unspecified atom stereocenters. The van der Waals surface area contributed by atoms with Gasteiger partial charge in [-0.1, -0.05) is 0 Å². The summed E-state index contributed by atoms with van der Waals surface area (Å²) in [6.07, 6.45) is 2.12. The summed E-state index contributed by atoms with van der Waals surface area (Å²) in [4.78, 5) is 0. The summed E-state index contributed by atoms with van der Waals surface area (Å²) < 4.78 is 11.7. The normalized spacial score (nSPS) is 23.1. The van der Waals surface area contributed by atoms with Gasteiger partial charge in [0.15, 0.2) is 6.79 Å². The Labute approximate surface area is 104 Å². The van der Waals surface area contributed by atoms with Gasteiger partial charge in [0.05, 0.1) is 21.1 Å². The maximum atomic E-state index is 5.42. The van der Waals surface area contributed by atoms with Crippen LogP contribution in [0.15, 0.2) is 11.8 Å². The number of quaternary nitrogens is 1. The molecule has 0 aromatic rings. The van der Waals surface area contributed by atoms with Gasteiger partial charge in [-0.05, 0) is 13.8 Å². The summed E-state index contributed by atoms with van der Waals surface area (Å²) >= 11 is 0. The molecule has 0 aliphatic carbocycles. The number of rotatable bonds is 2. The third-order valence-electron chi connectivity index (χ3n) is 2.05. The highest BCUT2D eigenvalue weighted by atomic mass is 127. The number of ether oxygens (including phenoxy) is 2. The highest BCUT2D eigenvalue weighted by Gasteiger charge is 2.32. The van der Waals surface area contributed by atoms with Crippen molar-refractivity contribution >= 4 is 0 Å². The lowest BCUT2D eigenvalue weighted by molar-refractivity contribution is -0.864. The third-order valence-corrected chi connectivity index (χ3v) is 2.05. The highest BCUT2D eigenvalue weighted by Crippen LogP contribution is 2.27. The smallest absolute Gasteiger partial charge is 0.189 e. The SMILES string of the molecule is CC1(C)OCOC1=CC[N+](C)(C)C.[I-]. The highest BCUT2D eigenvalue weighted by molar-refractivity contribution is 5.09. The van der Waals surface area contributed by atoms with Gasteiger partial charge >= 0.3 is 0 Å². The molecule has 4 heteroatoms. The lowest BCUT2D eigenvalue weighted by Gasteiger charge is -2.23. The first-order valence-corrected chi connectivity index (χ1v) is 4.59. The topological polar surface area (TPSA) is 18.5 Å². The number of nitrogens with zero attached hydrogens (tertiary/aromatic N) is 1. The molecule has 0 aromatic carbocycles. The van der Waals surface area contributed by atoms with Crippen LogP contribution in [0.25, 0.3) is 0 Å². The van der Waals surface area contributed by atoms with E-state index in [2.05, 4.69) is 27.2 Å². The number of hydrogen-bond donors (Lipinski definition) is 0. The Hall–Kier alpha value is 0.190. The first kappa shape index (κ1) is 14.2. The van der Waals surface area contributed by atoms with Crippen LogP contribution in [0.5, 0.6) is 0 Å². The minimum atomic E-state index is -0.241. The molecule has 84 valence electrons. The van der Waals surface area contributed by atoms with E-state index in [1.54, 1.807) is 0 Å². The van der Waals surface area contributed by atoms with E-state index in [4.69, 9.17) is 9.47 Å². The number of likely N-dealkylation sites (N-methyl/N-ethyl adjacent to an activating group) is 1. The predicted octanol–water partition coefficient (Wildman–Crippen LogP) is -1.64. The molecule has 0 bridgehead atoms. The second-order valence-corrected chi connectivity index (χ2v) is 4.96. The van der Waals surface area contributed by atoms with Crippen molar-refractivity contribution in [2.45, 2.75) is 19.4 Å². The van der Waals surface area contributed by atoms with Crippen molar-refractivity contribution in [3.63, 3.8) is 0 Å². The molecule has 0 spiro atoms. The Morgan fingerprint density at radius 1 is 1.36 bits per heavy atom. The van der Waals surface area contributed by atoms with Crippen molar-refractivity contribution in [1.29, 1.82) is 0 Å². The van der Waals surface area contributed by atoms with E-state index in [-0.39, 0.29) is 29.6 Å². The zero-order chi connectivity index (χ0) is 10.1. The van der Waals surface area contributed by atoms with Crippen LogP contribution in [0.2, 0.25) is 0 Å². The molecule has 1 aliphatic rings. The van der Waals surface area contributed by atoms with Gasteiger partial charge in [-0.2, -0.15) is 0 Å². The molecule has 1 saturated heterocycles. The average Bonchev–Trinajstić information content (AvgIpc) is 2.23. The summed E-state index contributed by atoms with van der Waals surface area (Å²) in [5.74, 6) is 0.959. The lowest BCUT2D eigenvalue weighted by atomic mass is 10.1. The second kappa shape index (κ2) is 4.81. The maximum Gasteiger partial charge on any atom is 0.189 e. The fraction of sp³-hybridized carbons (Fsp3) is 0.800. The van der Waals surface area contributed by atoms with Crippen LogP contribution >= 0.6 is 0 Å². The summed E-state index contributed by atoms with van der Waals surface area (Å²) in [6, 6.07) is 0. The zero-order valence-electron chi connectivity index (χ0n) is 9.63. The van der Waals surface area contributed by atoms with Gasteiger partial charge in [0, 0.05) is 6.08 Å². The molecular formula is C10H20INO2. The van der Waals surface area contributed by atoms with Crippen LogP contribution in [-0.4, -0.2) is 44.6 Å². The molecule has 1 heterocycles. The van der Waals surface area contributed by atoms with Crippen molar-refractivity contribution in [2.24, 2.45) is 0 Å². The zero-order valence-corrected chi connectivity index (χ0v) is 11.8. The fourth-order valence-electron chi connectivity index (χ4n) is 1.15. The minimum absolute atomic E-state index is 0. The molecule has 1 aliphatic heterocycles. The second-order valence-electron chi connectivity index (χ2n) is 4.96. The lowest BCUT2D eigenvalue weighted by Crippen LogP contribution is -3.00. The van der Waals surface area contributed by atoms with Crippen LogP contribution in [-0.2, 0) is 9.47 Å². The Balaban J connectivity index is 0.00000169. The number of hydrogen-bond acceptors (Lipinski definition) is 2. The van der Waals surface area contributed by atoms with Gasteiger partial charge in [0.1, 0.15) is 17.9 Å². The molecule has 0 saturated carbocycles. The van der Waals surface area contributed by atoms with Gasteiger partial charge in [0.25, 0.3) is 0 Å². The Kier molecular flexibility index (Phi) is 4.87. The quantitative estimate of drug-likeness (QED) is 0.450. The van der Waals surface area contributed by atoms with Crippen LogP contribution in [0, 0.1) is 0 Å². The molecule has 0 amide bonds. The summed E-state index contributed by atoms with van der Waals surface area (Å²) in [7, 11) is 6.46. The first-order chi connectivity index (χ1) is 5.81. The van der Waals surface area contributed by atoms with E-state index in [1.807, 2.05) is 13.8 Å². The number of halogens is 1. The molecule has 0 atom stereocenters. The van der Waals surface area contributed by atoms with Gasteiger partial charge in [-0.25, -0.2) is 0 Å². The molecule has 1 rings (SSSR count). The van der Waals surface area contributed by atoms with E-state index in [1.165, 1.54) is 0 Å². The average molecular weight is 313 g/mol. The van der Waals surface area contributed by atoms with Crippen molar-refractivity contribution in [3.05, 3.63) is 11.8 Å². The summed E-state index contributed by atoms with van der Waals surface area (Å²) in [6.45, 7) is 5.40. The van der Waals surface area contributed by atoms with Gasteiger partial charge < -0.3 is 37.9 Å². The van der Waals surface area contributed by atoms with Crippen LogP contribution < -0.4 is 24.0 Å². The summed E-state index contributed by atoms with van der Waals surface area (Å²) in [5.41, 5.74) is -0.241. The van der Waals surface area contributed by atoms with E-state index < -0.39 is 0 Å². The molecule has 1 fully saturated rings. The Bertz CT molecular complexity index is 219. The predicted molar refractivity (Wildman–Crippen MR) is 52.1 cm³/mol. The van der Waals surface area contributed by atoms with Crippen molar-refractivity contribution in [2.75, 3.05) is 34.5 Å². The Morgan fingerprint density at radius 3 is 2.29 bits per heavy atom. The van der Waals surface area contributed by atoms with Gasteiger partial charge in [-0.15, -0.1) is 0 Å². The fourth-order valence-corrected chi connectivity index (χ4v) is 1.15. The van der Waals surface area contributed by atoms with Crippen LogP contribution in [0.1, 0.15) is 13.8 Å². The van der Waals surface area contributed by atoms with E-state index in [0.717, 1.165) is 16.8 Å². The largest absolute Gasteiger partial charge is 1.00 e. The molecule has 0 aromatic heterocycles. The molecular weight excluding hydrogens is 293 g/mol. The van der Waals surface area contributed by atoms with Crippen LogP contribution in [0.3, 0.4) is 0 Å². The van der Waals surface area contributed by atoms with Gasteiger partial charge in [0.2, 0.25) is 0 Å². The Morgan fingerprint density at radius 2 is 1.93 bits per heavy atom. The minimum Gasteiger partial charge on any atom is -1.00 e. The van der Waals surface area contributed by atoms with E-state index >= 15 is 0 Å². The molecule has 0 radical (unpaired) electrons. The standard InChI is InChI=1S/C10H20NO2.HI/c1-10(2)9(12-8-13-10)6-7-11(3,4)5;/h6H,7-8H2,1-5H3;1H/q+1;/p-1. The summed E-state index contributed by atoms with van der Waals surface area (Å²) in [5, 5.41) is 0. The van der Waals surface area contributed by atoms with E-state index in [9.17, 15) is 0 Å². The monoisotopic (exact) mass is 313 g/mol. The van der Waals surface area contributed by atoms with Gasteiger partial charge in [-0.3, -0.25) is 0 Å². The van der Waals surface area contributed by atoms with E-state index in [0.29, 0.717) is 6.79 Å². The molecule has 14 heavy (non-hydrogen) atoms. The maximum absolute atomic E-state index is 5.42. The third kappa shape index (κ3) is 4.14. The van der Waals surface area contributed by atoms with Crippen molar-refractivity contribution in [3.8, 4) is 0 Å².